The summed E-state index contributed by atoms with van der Waals surface area (Å²) in [6.45, 7) is 1.67. The lowest BCUT2D eigenvalue weighted by Crippen LogP contribution is -2.13. The summed E-state index contributed by atoms with van der Waals surface area (Å²) in [5.74, 6) is 4.63. The number of hydrazine groups is 1. The lowest BCUT2D eigenvalue weighted by atomic mass is 10.2. The molecule has 0 aliphatic rings. The van der Waals surface area contributed by atoms with E-state index in [-0.39, 0.29) is 11.6 Å². The van der Waals surface area contributed by atoms with E-state index >= 15 is 0 Å². The molecule has 1 aromatic heterocycles. The maximum absolute atomic E-state index is 13.0. The Kier molecular flexibility index (Phi) is 3.71. The largest absolute Gasteiger partial charge is 0.354 e. The second-order valence-electron chi connectivity index (χ2n) is 3.91. The van der Waals surface area contributed by atoms with Crippen molar-refractivity contribution in [3.05, 3.63) is 46.0 Å². The lowest BCUT2D eigenvalue weighted by Gasteiger charge is -2.10. The Balaban J connectivity index is 2.45. The van der Waals surface area contributed by atoms with Gasteiger partial charge in [0, 0.05) is 5.69 Å². The number of benzene rings is 1. The highest BCUT2D eigenvalue weighted by molar-refractivity contribution is 5.74. The molecule has 0 saturated heterocycles. The van der Waals surface area contributed by atoms with E-state index in [9.17, 15) is 14.5 Å². The van der Waals surface area contributed by atoms with Crippen molar-refractivity contribution in [3.8, 4) is 0 Å². The molecular formula is C11H11FN6O2. The number of hydrogen-bond acceptors (Lipinski definition) is 7. The van der Waals surface area contributed by atoms with Crippen LogP contribution in [0.2, 0.25) is 0 Å². The minimum atomic E-state index is -0.656. The van der Waals surface area contributed by atoms with Gasteiger partial charge >= 0.3 is 5.69 Å². The molecule has 0 aliphatic carbocycles. The van der Waals surface area contributed by atoms with Crippen LogP contribution in [-0.4, -0.2) is 14.9 Å². The summed E-state index contributed by atoms with van der Waals surface area (Å²) in [5, 5.41) is 13.8. The first kappa shape index (κ1) is 13.6. The number of hydrogen-bond donors (Lipinski definition) is 3. The number of nitro groups is 1. The van der Waals surface area contributed by atoms with Crippen LogP contribution >= 0.6 is 0 Å². The first-order valence-corrected chi connectivity index (χ1v) is 5.52. The van der Waals surface area contributed by atoms with E-state index < -0.39 is 16.4 Å². The van der Waals surface area contributed by atoms with Gasteiger partial charge in [-0.3, -0.25) is 10.1 Å². The van der Waals surface area contributed by atoms with E-state index in [0.717, 1.165) is 6.33 Å². The minimum Gasteiger partial charge on any atom is -0.334 e. The normalized spacial score (nSPS) is 10.2. The van der Waals surface area contributed by atoms with Crippen LogP contribution in [0.15, 0.2) is 24.5 Å². The Bertz CT molecular complexity index is 663. The topological polar surface area (TPSA) is 119 Å². The van der Waals surface area contributed by atoms with Crippen LogP contribution in [-0.2, 0) is 0 Å². The van der Waals surface area contributed by atoms with E-state index in [2.05, 4.69) is 20.7 Å². The van der Waals surface area contributed by atoms with Crippen LogP contribution in [0.1, 0.15) is 5.56 Å². The van der Waals surface area contributed by atoms with Crippen molar-refractivity contribution < 1.29 is 9.31 Å². The summed E-state index contributed by atoms with van der Waals surface area (Å²) in [5.41, 5.74) is 2.82. The SMILES string of the molecule is Cc1cc(F)ccc1Nc1ncnc(NN)c1[N+](=O)[O-]. The highest BCUT2D eigenvalue weighted by atomic mass is 19.1. The van der Waals surface area contributed by atoms with Crippen LogP contribution < -0.4 is 16.6 Å². The molecule has 0 unspecified atom stereocenters. The van der Waals surface area contributed by atoms with Gasteiger partial charge in [-0.05, 0) is 30.7 Å². The molecule has 2 aromatic rings. The summed E-state index contributed by atoms with van der Waals surface area (Å²) >= 11 is 0. The zero-order chi connectivity index (χ0) is 14.7. The number of anilines is 3. The van der Waals surface area contributed by atoms with Crippen molar-refractivity contribution >= 4 is 23.0 Å². The number of aryl methyl sites for hydroxylation is 1. The molecule has 1 heterocycles. The highest BCUT2D eigenvalue weighted by Gasteiger charge is 2.22. The molecular weight excluding hydrogens is 267 g/mol. The highest BCUT2D eigenvalue weighted by Crippen LogP contribution is 2.31. The molecule has 0 aliphatic heterocycles. The van der Waals surface area contributed by atoms with Gasteiger partial charge in [0.25, 0.3) is 0 Å². The van der Waals surface area contributed by atoms with Crippen LogP contribution in [0.25, 0.3) is 0 Å². The van der Waals surface area contributed by atoms with Gasteiger partial charge in [0.2, 0.25) is 11.6 Å². The number of halogens is 1. The fourth-order valence-electron chi connectivity index (χ4n) is 1.64. The molecule has 1 aromatic carbocycles. The maximum atomic E-state index is 13.0. The molecule has 0 radical (unpaired) electrons. The summed E-state index contributed by atoms with van der Waals surface area (Å²) in [6.07, 6.45) is 1.13. The zero-order valence-electron chi connectivity index (χ0n) is 10.4. The number of rotatable bonds is 4. The molecule has 0 bridgehead atoms. The Morgan fingerprint density at radius 3 is 2.65 bits per heavy atom. The standard InChI is InChI=1S/C11H11FN6O2/c1-6-4-7(12)2-3-8(6)16-10-9(18(19)20)11(17-13)15-5-14-10/h2-5H,13H2,1H3,(H2,14,15,16,17). The van der Waals surface area contributed by atoms with Gasteiger partial charge in [-0.1, -0.05) is 0 Å². The number of nitrogen functional groups attached to an aromatic ring is 1. The summed E-state index contributed by atoms with van der Waals surface area (Å²) in [6, 6.07) is 4.01. The van der Waals surface area contributed by atoms with Crippen molar-refractivity contribution in [1.82, 2.24) is 9.97 Å². The Hall–Kier alpha value is -2.81. The fraction of sp³-hybridized carbons (Fsp3) is 0.0909. The summed E-state index contributed by atoms with van der Waals surface area (Å²) in [4.78, 5) is 17.9. The third-order valence-electron chi connectivity index (χ3n) is 2.58. The van der Waals surface area contributed by atoms with Gasteiger partial charge in [-0.25, -0.2) is 20.2 Å². The Morgan fingerprint density at radius 1 is 1.35 bits per heavy atom. The predicted octanol–water partition coefficient (Wildman–Crippen LogP) is 1.86. The van der Waals surface area contributed by atoms with Gasteiger partial charge in [0.05, 0.1) is 4.92 Å². The molecule has 4 N–H and O–H groups in total. The minimum absolute atomic E-state index is 0.0346. The van der Waals surface area contributed by atoms with Crippen LogP contribution in [0.4, 0.5) is 27.4 Å². The molecule has 0 fully saturated rings. The zero-order valence-corrected chi connectivity index (χ0v) is 10.4. The van der Waals surface area contributed by atoms with Crippen molar-refractivity contribution in [2.75, 3.05) is 10.7 Å². The van der Waals surface area contributed by atoms with E-state index in [1.54, 1.807) is 6.92 Å². The van der Waals surface area contributed by atoms with Crippen molar-refractivity contribution in [3.63, 3.8) is 0 Å². The van der Waals surface area contributed by atoms with Crippen LogP contribution in [0.5, 0.6) is 0 Å². The van der Waals surface area contributed by atoms with Gasteiger partial charge in [0.1, 0.15) is 12.1 Å². The number of aromatic nitrogens is 2. The van der Waals surface area contributed by atoms with Crippen LogP contribution in [0.3, 0.4) is 0 Å². The monoisotopic (exact) mass is 278 g/mol. The number of nitrogens with zero attached hydrogens (tertiary/aromatic N) is 3. The lowest BCUT2D eigenvalue weighted by molar-refractivity contribution is -0.383. The van der Waals surface area contributed by atoms with Crippen molar-refractivity contribution in [1.29, 1.82) is 0 Å². The maximum Gasteiger partial charge on any atom is 0.354 e. The van der Waals surface area contributed by atoms with Crippen LogP contribution in [0, 0.1) is 22.9 Å². The quantitative estimate of drug-likeness (QED) is 0.443. The average molecular weight is 278 g/mol. The molecule has 20 heavy (non-hydrogen) atoms. The van der Waals surface area contributed by atoms with E-state index in [4.69, 9.17) is 5.84 Å². The third-order valence-corrected chi connectivity index (χ3v) is 2.58. The van der Waals surface area contributed by atoms with Gasteiger partial charge < -0.3 is 10.7 Å². The first-order chi connectivity index (χ1) is 9.52. The van der Waals surface area contributed by atoms with Gasteiger partial charge in [-0.15, -0.1) is 0 Å². The Morgan fingerprint density at radius 2 is 2.05 bits per heavy atom. The number of nitrogens with one attached hydrogen (secondary N) is 2. The molecule has 8 nitrogen and oxygen atoms in total. The summed E-state index contributed by atoms with van der Waals surface area (Å²) < 4.78 is 13.0. The first-order valence-electron chi connectivity index (χ1n) is 5.52. The second kappa shape index (κ2) is 5.45. The van der Waals surface area contributed by atoms with E-state index in [0.29, 0.717) is 11.3 Å². The van der Waals surface area contributed by atoms with Crippen molar-refractivity contribution in [2.45, 2.75) is 6.92 Å². The van der Waals surface area contributed by atoms with E-state index in [1.165, 1.54) is 18.2 Å². The predicted molar refractivity (Wildman–Crippen MR) is 70.9 cm³/mol. The molecule has 0 spiro atoms. The smallest absolute Gasteiger partial charge is 0.334 e. The molecule has 0 saturated carbocycles. The van der Waals surface area contributed by atoms with Gasteiger partial charge in [-0.2, -0.15) is 0 Å². The molecule has 0 amide bonds. The summed E-state index contributed by atoms with van der Waals surface area (Å²) in [7, 11) is 0. The molecule has 104 valence electrons. The second-order valence-corrected chi connectivity index (χ2v) is 3.91. The molecule has 9 heteroatoms. The van der Waals surface area contributed by atoms with Crippen molar-refractivity contribution in [2.24, 2.45) is 5.84 Å². The molecule has 0 atom stereocenters. The average Bonchev–Trinajstić information content (AvgIpc) is 2.41. The van der Waals surface area contributed by atoms with Gasteiger partial charge in [0.15, 0.2) is 0 Å². The third kappa shape index (κ3) is 2.62. The molecule has 2 rings (SSSR count). The fourth-order valence-corrected chi connectivity index (χ4v) is 1.64. The Labute approximate surface area is 113 Å². The van der Waals surface area contributed by atoms with E-state index in [1.807, 2.05) is 0 Å². The number of nitrogens with two attached hydrogens (primary N) is 1.